The molecule has 271 valence electrons. The van der Waals surface area contributed by atoms with E-state index in [1.807, 2.05) is 48.8 Å². The van der Waals surface area contributed by atoms with E-state index in [4.69, 9.17) is 9.40 Å². The maximum atomic E-state index is 6.47. The summed E-state index contributed by atoms with van der Waals surface area (Å²) in [6, 6.07) is 38.0. The fourth-order valence-corrected chi connectivity index (χ4v) is 9.08. The number of aryl methyl sites for hydroxylation is 2. The van der Waals surface area contributed by atoms with Crippen molar-refractivity contribution in [2.24, 2.45) is 0 Å². The van der Waals surface area contributed by atoms with Crippen molar-refractivity contribution in [1.82, 2.24) is 19.5 Å². The largest absolute Gasteiger partial charge is 0 e. The number of hydrogen-bond acceptors (Lipinski definition) is 4. The van der Waals surface area contributed by atoms with Crippen LogP contribution >= 0.6 is 0 Å². The van der Waals surface area contributed by atoms with E-state index in [1.165, 1.54) is 26.8 Å². The van der Waals surface area contributed by atoms with Crippen LogP contribution in [0, 0.1) is 26.0 Å². The van der Waals surface area contributed by atoms with Crippen LogP contribution in [0.2, 0.25) is 17.3 Å². The molecule has 0 saturated heterocycles. The number of benzene rings is 4. The summed E-state index contributed by atoms with van der Waals surface area (Å²) >= 11 is -1.72. The van der Waals surface area contributed by atoms with Gasteiger partial charge in [-0.05, 0) is 55.0 Å². The number of aromatic nitrogens is 4. The van der Waals surface area contributed by atoms with Gasteiger partial charge in [-0.25, -0.2) is 0 Å². The molecule has 0 spiro atoms. The molecule has 5 nitrogen and oxygen atoms in total. The Morgan fingerprint density at radius 1 is 0.755 bits per heavy atom. The molecule has 4 heterocycles. The summed E-state index contributed by atoms with van der Waals surface area (Å²) in [6.07, 6.45) is 3.88. The van der Waals surface area contributed by atoms with Crippen molar-refractivity contribution in [1.29, 1.82) is 0 Å². The summed E-state index contributed by atoms with van der Waals surface area (Å²) < 4.78 is 10.2. The molecular weight excluding hydrogens is 889 g/mol. The minimum Gasteiger partial charge on any atom is 0 e. The molecule has 0 atom stereocenters. The molecular formula is C46H46GeIrN4O-2. The van der Waals surface area contributed by atoms with Gasteiger partial charge in [0.05, 0.1) is 28.1 Å². The second-order valence-corrected chi connectivity index (χ2v) is 25.9. The van der Waals surface area contributed by atoms with E-state index in [9.17, 15) is 0 Å². The van der Waals surface area contributed by atoms with Gasteiger partial charge in [0.2, 0.25) is 0 Å². The fraction of sp³-hybridized carbons (Fsp3) is 0.239. The second-order valence-electron chi connectivity index (χ2n) is 15.3. The number of pyridine rings is 2. The van der Waals surface area contributed by atoms with Gasteiger partial charge in [0.25, 0.3) is 0 Å². The van der Waals surface area contributed by atoms with E-state index >= 15 is 0 Å². The predicted octanol–water partition coefficient (Wildman–Crippen LogP) is 11.7. The summed E-state index contributed by atoms with van der Waals surface area (Å²) in [5.41, 5.74) is 12.5. The van der Waals surface area contributed by atoms with Gasteiger partial charge in [-0.2, -0.15) is 0 Å². The first-order chi connectivity index (χ1) is 24.9. The summed E-state index contributed by atoms with van der Waals surface area (Å²) in [7, 11) is 0. The Morgan fingerprint density at radius 2 is 1.51 bits per heavy atom. The molecule has 0 N–H and O–H groups in total. The van der Waals surface area contributed by atoms with Crippen molar-refractivity contribution in [3.8, 4) is 28.3 Å². The Labute approximate surface area is 329 Å². The Kier molecular flexibility index (Phi) is 11.3. The molecule has 0 aliphatic heterocycles. The van der Waals surface area contributed by atoms with E-state index in [-0.39, 0.29) is 20.1 Å². The van der Waals surface area contributed by atoms with Crippen LogP contribution in [0.4, 0.5) is 0 Å². The van der Waals surface area contributed by atoms with Crippen molar-refractivity contribution in [3.63, 3.8) is 0 Å². The van der Waals surface area contributed by atoms with Crippen LogP contribution < -0.4 is 4.40 Å². The molecule has 7 heteroatoms. The summed E-state index contributed by atoms with van der Waals surface area (Å²) in [6.45, 7) is 13.2. The zero-order valence-corrected chi connectivity index (χ0v) is 36.5. The first kappa shape index (κ1) is 38.4. The SMILES string of the molecule is Cc1ccc2oc3c(-c4nc5ccnc(C)c5n4-c4c(C(C)C)cccc4C(C)C)[c-]ccc3c2c1.[CH3][Ge]([CH3])([CH3])[c]1ccc(-c2[c-]cccc2)nc1.[Ir]. The molecule has 0 aliphatic rings. The molecule has 8 rings (SSSR count). The van der Waals surface area contributed by atoms with Gasteiger partial charge < -0.3 is 8.98 Å². The molecule has 1 radical (unpaired) electrons. The van der Waals surface area contributed by atoms with Gasteiger partial charge in [-0.1, -0.05) is 68.5 Å². The van der Waals surface area contributed by atoms with Crippen LogP contribution in [0.5, 0.6) is 0 Å². The molecule has 53 heavy (non-hydrogen) atoms. The molecule has 0 aliphatic carbocycles. The first-order valence-corrected chi connectivity index (χ1v) is 25.5. The minimum absolute atomic E-state index is 0. The van der Waals surface area contributed by atoms with Crippen LogP contribution in [0.15, 0.2) is 108 Å². The molecule has 0 amide bonds. The molecule has 0 saturated carbocycles. The monoisotopic (exact) mass is 937 g/mol. The van der Waals surface area contributed by atoms with Gasteiger partial charge in [-0.15, -0.1) is 18.2 Å². The normalized spacial score (nSPS) is 11.7. The van der Waals surface area contributed by atoms with Crippen LogP contribution in [0.3, 0.4) is 0 Å². The van der Waals surface area contributed by atoms with E-state index in [1.54, 1.807) is 0 Å². The minimum atomic E-state index is -1.72. The van der Waals surface area contributed by atoms with Crippen molar-refractivity contribution in [3.05, 3.63) is 138 Å². The van der Waals surface area contributed by atoms with Crippen LogP contribution in [-0.2, 0) is 20.1 Å². The van der Waals surface area contributed by atoms with E-state index in [0.29, 0.717) is 11.8 Å². The molecule has 0 unspecified atom stereocenters. The second kappa shape index (κ2) is 15.5. The van der Waals surface area contributed by atoms with Crippen molar-refractivity contribution >= 4 is 50.6 Å². The molecule has 8 aromatic rings. The topological polar surface area (TPSA) is 56.7 Å². The van der Waals surface area contributed by atoms with Gasteiger partial charge in [0.1, 0.15) is 5.58 Å². The van der Waals surface area contributed by atoms with Crippen LogP contribution in [0.25, 0.3) is 61.3 Å². The standard InChI is InChI=1S/C32H30N3O.C14H16GeN.Ir/c1-18(2)22-9-7-10-23(19(3)4)30(22)35-29-21(6)33-16-15-27(29)34-32(35)25-12-8-11-24-26-17-20(5)13-14-28(26)36-31(24)25;1-15(2,3)13-9-10-14(16-11-13)12-7-5-4-6-8-12;/h7-11,13-19H,1-6H3;4-7,9-11H,1-3H3;/q2*-1;. The molecule has 0 fully saturated rings. The van der Waals surface area contributed by atoms with Gasteiger partial charge in [0.15, 0.2) is 0 Å². The fourth-order valence-electron chi connectivity index (χ4n) is 6.91. The quantitative estimate of drug-likeness (QED) is 0.123. The van der Waals surface area contributed by atoms with E-state index < -0.39 is 13.3 Å². The van der Waals surface area contributed by atoms with Gasteiger partial charge in [-0.3, -0.25) is 9.97 Å². The molecule has 4 aromatic carbocycles. The third kappa shape index (κ3) is 7.55. The number of fused-ring (bicyclic) bond motifs is 4. The third-order valence-electron chi connectivity index (χ3n) is 9.74. The Balaban J connectivity index is 0.000000238. The number of para-hydroxylation sites is 1. The smallest absolute Gasteiger partial charge is 0 e. The number of imidazole rings is 1. The van der Waals surface area contributed by atoms with E-state index in [2.05, 4.69) is 140 Å². The average Bonchev–Trinajstić information content (AvgIpc) is 3.71. The maximum Gasteiger partial charge on any atom is 0 e. The van der Waals surface area contributed by atoms with E-state index in [0.717, 1.165) is 61.3 Å². The van der Waals surface area contributed by atoms with Crippen molar-refractivity contribution < 1.29 is 24.5 Å². The Morgan fingerprint density at radius 3 is 2.15 bits per heavy atom. The first-order valence-electron chi connectivity index (χ1n) is 18.2. The molecule has 0 bridgehead atoms. The Hall–Kier alpha value is -4.36. The average molecular weight is 936 g/mol. The van der Waals surface area contributed by atoms with Gasteiger partial charge in [0, 0.05) is 37.4 Å². The Bertz CT molecular complexity index is 2500. The number of furan rings is 1. The summed E-state index contributed by atoms with van der Waals surface area (Å²) in [5.74, 6) is 8.66. The number of nitrogens with zero attached hydrogens (tertiary/aromatic N) is 4. The van der Waals surface area contributed by atoms with Crippen molar-refractivity contribution in [2.75, 3.05) is 0 Å². The number of hydrogen-bond donors (Lipinski definition) is 0. The zero-order valence-electron chi connectivity index (χ0n) is 32.0. The zero-order chi connectivity index (χ0) is 36.7. The van der Waals surface area contributed by atoms with Crippen molar-refractivity contribution in [2.45, 2.75) is 70.6 Å². The summed E-state index contributed by atoms with van der Waals surface area (Å²) in [4.78, 5) is 14.4. The van der Waals surface area contributed by atoms with Crippen LogP contribution in [0.1, 0.15) is 61.9 Å². The summed E-state index contributed by atoms with van der Waals surface area (Å²) in [5, 5.41) is 2.20. The molecule has 4 aromatic heterocycles. The predicted molar refractivity (Wildman–Crippen MR) is 220 cm³/mol. The third-order valence-corrected chi connectivity index (χ3v) is 14.0. The van der Waals surface area contributed by atoms with Crippen LogP contribution in [-0.4, -0.2) is 32.8 Å². The number of rotatable bonds is 6. The van der Waals surface area contributed by atoms with Gasteiger partial charge >= 0.3 is 99.8 Å². The maximum absolute atomic E-state index is 6.47.